The van der Waals surface area contributed by atoms with Crippen molar-refractivity contribution < 1.29 is 4.92 Å². The Morgan fingerprint density at radius 1 is 1.80 bits per heavy atom. The minimum Gasteiger partial charge on any atom is -0.382 e. The van der Waals surface area contributed by atoms with Crippen molar-refractivity contribution in [3.05, 3.63) is 32.6 Å². The molecule has 0 aromatic carbocycles. The van der Waals surface area contributed by atoms with Gasteiger partial charge in [-0.3, -0.25) is 10.1 Å². The van der Waals surface area contributed by atoms with Gasteiger partial charge in [0, 0.05) is 6.54 Å². The van der Waals surface area contributed by atoms with E-state index in [1.54, 1.807) is 6.08 Å². The number of hydrogen-bond acceptors (Lipinski definition) is 3. The molecule has 0 saturated carbocycles. The van der Waals surface area contributed by atoms with Crippen molar-refractivity contribution in [2.24, 2.45) is 0 Å². The third-order valence-corrected chi connectivity index (χ3v) is 1.81. The van der Waals surface area contributed by atoms with Crippen LogP contribution in [0.15, 0.2) is 22.5 Å². The zero-order valence-corrected chi connectivity index (χ0v) is 6.59. The lowest BCUT2D eigenvalue weighted by Crippen LogP contribution is -2.14. The topological polar surface area (TPSA) is 55.2 Å². The Morgan fingerprint density at radius 3 is 2.90 bits per heavy atom. The number of nitrogens with zero attached hydrogens (tertiary/aromatic N) is 1. The molecule has 0 aromatic heterocycles. The molecule has 1 aliphatic heterocycles. The van der Waals surface area contributed by atoms with Crippen LogP contribution in [0.1, 0.15) is 0 Å². The van der Waals surface area contributed by atoms with Crippen LogP contribution in [0.3, 0.4) is 0 Å². The Kier molecular flexibility index (Phi) is 2.06. The molecule has 0 unspecified atom stereocenters. The minimum atomic E-state index is -0.438. The van der Waals surface area contributed by atoms with Crippen molar-refractivity contribution in [3.63, 3.8) is 0 Å². The third kappa shape index (κ3) is 1.36. The second-order valence-electron chi connectivity index (χ2n) is 1.75. The summed E-state index contributed by atoms with van der Waals surface area (Å²) in [4.78, 5) is 9.75. The van der Waals surface area contributed by atoms with Gasteiger partial charge in [0.25, 0.3) is 5.70 Å². The van der Waals surface area contributed by atoms with Gasteiger partial charge in [0.1, 0.15) is 0 Å². The molecule has 1 heterocycles. The lowest BCUT2D eigenvalue weighted by Gasteiger charge is -2.03. The molecule has 0 saturated heterocycles. The first-order valence-electron chi connectivity index (χ1n) is 2.66. The normalized spacial score (nSPS) is 16.9. The predicted octanol–water partition coefficient (Wildman–Crippen LogP) is 0.986. The van der Waals surface area contributed by atoms with Gasteiger partial charge in [-0.25, -0.2) is 0 Å². The lowest BCUT2D eigenvalue weighted by atomic mass is 10.3. The van der Waals surface area contributed by atoms with Crippen LogP contribution in [0.5, 0.6) is 0 Å². The number of hydrogen-bond donors (Lipinski definition) is 1. The molecule has 0 spiro atoms. The maximum absolute atomic E-state index is 10.2. The van der Waals surface area contributed by atoms with Gasteiger partial charge in [-0.15, -0.1) is 0 Å². The quantitative estimate of drug-likeness (QED) is 0.512. The van der Waals surface area contributed by atoms with Gasteiger partial charge in [-0.2, -0.15) is 0 Å². The maximum atomic E-state index is 10.2. The monoisotopic (exact) mass is 204 g/mol. The highest BCUT2D eigenvalue weighted by Gasteiger charge is 2.16. The van der Waals surface area contributed by atoms with Crippen LogP contribution in [-0.2, 0) is 0 Å². The molecular weight excluding hydrogens is 200 g/mol. The summed E-state index contributed by atoms with van der Waals surface area (Å²) in [5.41, 5.74) is 0.0752. The van der Waals surface area contributed by atoms with E-state index >= 15 is 0 Å². The van der Waals surface area contributed by atoms with E-state index in [9.17, 15) is 10.1 Å². The van der Waals surface area contributed by atoms with Gasteiger partial charge in [-0.05, 0) is 22.0 Å². The number of nitrogens with one attached hydrogen (secondary N) is 1. The van der Waals surface area contributed by atoms with Crippen molar-refractivity contribution in [2.45, 2.75) is 0 Å². The SMILES string of the molecule is O=[N+]([O-])C1=CNCC=C1Br. The second kappa shape index (κ2) is 2.83. The Morgan fingerprint density at radius 2 is 2.50 bits per heavy atom. The molecule has 54 valence electrons. The Hall–Kier alpha value is -0.840. The summed E-state index contributed by atoms with van der Waals surface area (Å²) >= 11 is 3.07. The third-order valence-electron chi connectivity index (χ3n) is 1.08. The average Bonchev–Trinajstić information content (AvgIpc) is 1.88. The molecule has 10 heavy (non-hydrogen) atoms. The van der Waals surface area contributed by atoms with Crippen LogP contribution >= 0.6 is 15.9 Å². The highest BCUT2D eigenvalue weighted by molar-refractivity contribution is 9.11. The first-order chi connectivity index (χ1) is 4.72. The zero-order valence-electron chi connectivity index (χ0n) is 5.00. The molecule has 0 atom stereocenters. The van der Waals surface area contributed by atoms with E-state index in [-0.39, 0.29) is 5.70 Å². The molecule has 0 amide bonds. The second-order valence-corrected chi connectivity index (χ2v) is 2.60. The highest BCUT2D eigenvalue weighted by Crippen LogP contribution is 2.18. The van der Waals surface area contributed by atoms with E-state index in [0.29, 0.717) is 11.0 Å². The first kappa shape index (κ1) is 7.27. The fraction of sp³-hybridized carbons (Fsp3) is 0.200. The lowest BCUT2D eigenvalue weighted by molar-refractivity contribution is -0.420. The molecule has 0 bridgehead atoms. The fourth-order valence-electron chi connectivity index (χ4n) is 0.618. The van der Waals surface area contributed by atoms with Crippen LogP contribution in [0.25, 0.3) is 0 Å². The van der Waals surface area contributed by atoms with Gasteiger partial charge < -0.3 is 5.32 Å². The minimum absolute atomic E-state index is 0.0752. The van der Waals surface area contributed by atoms with Crippen LogP contribution in [0.4, 0.5) is 0 Å². The summed E-state index contributed by atoms with van der Waals surface area (Å²) in [5, 5.41) is 12.9. The number of halogens is 1. The summed E-state index contributed by atoms with van der Waals surface area (Å²) in [5.74, 6) is 0. The number of dihydropyridines is 1. The zero-order chi connectivity index (χ0) is 7.56. The molecule has 1 rings (SSSR count). The Labute approximate surface area is 65.9 Å². The molecular formula is C5H5BrN2O2. The molecule has 0 aromatic rings. The number of rotatable bonds is 1. The van der Waals surface area contributed by atoms with E-state index in [1.165, 1.54) is 6.20 Å². The van der Waals surface area contributed by atoms with Crippen molar-refractivity contribution >= 4 is 15.9 Å². The molecule has 1 N–H and O–H groups in total. The average molecular weight is 205 g/mol. The summed E-state index contributed by atoms with van der Waals surface area (Å²) < 4.78 is 0.538. The van der Waals surface area contributed by atoms with Crippen LogP contribution in [0.2, 0.25) is 0 Å². The standard InChI is InChI=1S/C5H5BrN2O2/c6-4-1-2-7-3-5(4)8(9)10/h1,3,7H,2H2. The van der Waals surface area contributed by atoms with Crippen molar-refractivity contribution in [2.75, 3.05) is 6.54 Å². The molecule has 0 radical (unpaired) electrons. The largest absolute Gasteiger partial charge is 0.382 e. The van der Waals surface area contributed by atoms with E-state index in [0.717, 1.165) is 0 Å². The van der Waals surface area contributed by atoms with Crippen molar-refractivity contribution in [1.29, 1.82) is 0 Å². The number of allylic oxidation sites excluding steroid dienone is 1. The van der Waals surface area contributed by atoms with Gasteiger partial charge >= 0.3 is 0 Å². The molecule has 0 fully saturated rings. The summed E-state index contributed by atoms with van der Waals surface area (Å²) in [6.07, 6.45) is 3.09. The van der Waals surface area contributed by atoms with E-state index in [2.05, 4.69) is 21.2 Å². The van der Waals surface area contributed by atoms with Crippen molar-refractivity contribution in [1.82, 2.24) is 5.32 Å². The highest BCUT2D eigenvalue weighted by atomic mass is 79.9. The smallest absolute Gasteiger partial charge is 0.298 e. The Bertz CT molecular complexity index is 222. The van der Waals surface area contributed by atoms with Crippen LogP contribution in [0, 0.1) is 10.1 Å². The van der Waals surface area contributed by atoms with Gasteiger partial charge in [0.2, 0.25) is 0 Å². The maximum Gasteiger partial charge on any atom is 0.298 e. The van der Waals surface area contributed by atoms with E-state index < -0.39 is 4.92 Å². The van der Waals surface area contributed by atoms with Gasteiger partial charge in [-0.1, -0.05) is 0 Å². The summed E-state index contributed by atoms with van der Waals surface area (Å²) in [6.45, 7) is 0.637. The first-order valence-corrected chi connectivity index (χ1v) is 3.45. The van der Waals surface area contributed by atoms with E-state index in [1.807, 2.05) is 0 Å². The van der Waals surface area contributed by atoms with Crippen LogP contribution < -0.4 is 5.32 Å². The van der Waals surface area contributed by atoms with E-state index in [4.69, 9.17) is 0 Å². The van der Waals surface area contributed by atoms with Gasteiger partial charge in [0.05, 0.1) is 15.6 Å². The molecule has 1 aliphatic rings. The molecule has 4 nitrogen and oxygen atoms in total. The summed E-state index contributed by atoms with van der Waals surface area (Å²) in [6, 6.07) is 0. The van der Waals surface area contributed by atoms with Crippen LogP contribution in [-0.4, -0.2) is 11.5 Å². The van der Waals surface area contributed by atoms with Gasteiger partial charge in [0.15, 0.2) is 0 Å². The molecule has 0 aliphatic carbocycles. The Balaban J connectivity index is 2.84. The molecule has 5 heteroatoms. The predicted molar refractivity (Wildman–Crippen MR) is 40.1 cm³/mol. The van der Waals surface area contributed by atoms with Crippen molar-refractivity contribution in [3.8, 4) is 0 Å². The summed E-state index contributed by atoms with van der Waals surface area (Å²) in [7, 11) is 0. The fourth-order valence-corrected chi connectivity index (χ4v) is 1.04. The number of nitro groups is 1.